The highest BCUT2D eigenvalue weighted by Gasteiger charge is 2.16. The van der Waals surface area contributed by atoms with E-state index in [1.54, 1.807) is 41.3 Å². The maximum Gasteiger partial charge on any atom is 0.279 e. The van der Waals surface area contributed by atoms with Gasteiger partial charge in [0, 0.05) is 29.9 Å². The van der Waals surface area contributed by atoms with E-state index in [0.717, 1.165) is 10.5 Å². The van der Waals surface area contributed by atoms with Crippen LogP contribution in [-0.4, -0.2) is 50.0 Å². The molecule has 7 heteroatoms. The first-order chi connectivity index (χ1) is 14.4. The topological polar surface area (TPSA) is 63.1 Å². The number of methoxy groups -OCH3 is 1. The smallest absolute Gasteiger partial charge is 0.279 e. The van der Waals surface area contributed by atoms with E-state index in [1.165, 1.54) is 13.2 Å². The summed E-state index contributed by atoms with van der Waals surface area (Å²) in [6, 6.07) is 11.8. The number of quaternary nitrogens is 1. The van der Waals surface area contributed by atoms with E-state index in [4.69, 9.17) is 4.74 Å². The van der Waals surface area contributed by atoms with Gasteiger partial charge in [0.05, 0.1) is 13.7 Å². The van der Waals surface area contributed by atoms with E-state index >= 15 is 0 Å². The number of likely N-dealkylation sites (N-methyl/N-ethyl adjacent to an activating group) is 1. The molecule has 2 N–H and O–H groups in total. The molecule has 0 radical (unpaired) electrons. The van der Waals surface area contributed by atoms with Crippen LogP contribution in [0, 0.1) is 5.82 Å². The molecule has 6 nitrogen and oxygen atoms in total. The molecular formula is C23H31FN3O3+. The lowest BCUT2D eigenvalue weighted by Gasteiger charge is -2.19. The maximum atomic E-state index is 13.9. The van der Waals surface area contributed by atoms with Crippen molar-refractivity contribution >= 4 is 17.5 Å². The predicted octanol–water partition coefficient (Wildman–Crippen LogP) is 2.36. The lowest BCUT2D eigenvalue weighted by molar-refractivity contribution is -0.903. The van der Waals surface area contributed by atoms with Crippen LogP contribution in [0.25, 0.3) is 0 Å². The monoisotopic (exact) mass is 416 g/mol. The van der Waals surface area contributed by atoms with E-state index in [1.807, 2.05) is 20.8 Å². The van der Waals surface area contributed by atoms with Crippen molar-refractivity contribution in [2.75, 3.05) is 38.6 Å². The van der Waals surface area contributed by atoms with Crippen molar-refractivity contribution < 1.29 is 23.6 Å². The Labute approximate surface area is 177 Å². The lowest BCUT2D eigenvalue weighted by atomic mass is 10.1. The van der Waals surface area contributed by atoms with Gasteiger partial charge in [0.2, 0.25) is 0 Å². The summed E-state index contributed by atoms with van der Waals surface area (Å²) in [4.78, 5) is 27.8. The summed E-state index contributed by atoms with van der Waals surface area (Å²) in [7, 11) is 1.43. The molecule has 2 aromatic carbocycles. The van der Waals surface area contributed by atoms with Crippen LogP contribution in [-0.2, 0) is 11.3 Å². The minimum Gasteiger partial charge on any atom is -0.494 e. The first kappa shape index (κ1) is 23.3. The van der Waals surface area contributed by atoms with Crippen molar-refractivity contribution in [3.05, 3.63) is 59.4 Å². The number of hydrogen-bond donors (Lipinski definition) is 2. The highest BCUT2D eigenvalue weighted by Crippen LogP contribution is 2.17. The molecule has 0 bridgehead atoms. The van der Waals surface area contributed by atoms with Gasteiger partial charge in [-0.15, -0.1) is 0 Å². The molecule has 0 aliphatic carbocycles. The summed E-state index contributed by atoms with van der Waals surface area (Å²) in [6.45, 7) is 8.57. The number of ether oxygens (including phenoxy) is 1. The molecule has 162 valence electrons. The number of amides is 2. The van der Waals surface area contributed by atoms with Gasteiger partial charge < -0.3 is 19.9 Å². The van der Waals surface area contributed by atoms with Crippen LogP contribution in [0.2, 0.25) is 0 Å². The molecular weight excluding hydrogens is 385 g/mol. The summed E-state index contributed by atoms with van der Waals surface area (Å²) in [5.74, 6) is -0.426. The van der Waals surface area contributed by atoms with Crippen LogP contribution in [0.1, 0.15) is 36.7 Å². The summed E-state index contributed by atoms with van der Waals surface area (Å²) in [5, 5.41) is 2.87. The van der Waals surface area contributed by atoms with Crippen LogP contribution >= 0.6 is 0 Å². The Morgan fingerprint density at radius 3 is 2.43 bits per heavy atom. The number of halogens is 1. The molecule has 1 unspecified atom stereocenters. The van der Waals surface area contributed by atoms with Crippen molar-refractivity contribution in [2.24, 2.45) is 0 Å². The van der Waals surface area contributed by atoms with Crippen molar-refractivity contribution in [2.45, 2.75) is 27.3 Å². The normalized spacial score (nSPS) is 11.6. The van der Waals surface area contributed by atoms with Gasteiger partial charge in [-0.05, 0) is 57.2 Å². The Bertz CT molecular complexity index is 869. The second-order valence-corrected chi connectivity index (χ2v) is 7.03. The van der Waals surface area contributed by atoms with Crippen LogP contribution in [0.4, 0.5) is 10.1 Å². The van der Waals surface area contributed by atoms with Gasteiger partial charge in [0.15, 0.2) is 18.1 Å². The molecule has 0 saturated carbocycles. The third-order valence-electron chi connectivity index (χ3n) is 5.02. The first-order valence-corrected chi connectivity index (χ1v) is 10.3. The largest absolute Gasteiger partial charge is 0.494 e. The van der Waals surface area contributed by atoms with Gasteiger partial charge in [-0.3, -0.25) is 9.59 Å². The number of carbonyl (C=O) groups excluding carboxylic acids is 2. The Morgan fingerprint density at radius 1 is 1.10 bits per heavy atom. The standard InChI is InChI=1S/C23H30FN3O3/c1-5-26(15-17-11-12-21(30-4)20(24)13-17)16-22(28)25-19-10-8-9-18(14-19)23(29)27(6-2)7-3/h8-14H,5-7,15-16H2,1-4H3,(H,25,28)/p+1. The van der Waals surface area contributed by atoms with Crippen molar-refractivity contribution in [1.82, 2.24) is 4.90 Å². The third kappa shape index (κ3) is 6.29. The highest BCUT2D eigenvalue weighted by atomic mass is 19.1. The number of benzene rings is 2. The zero-order valence-electron chi connectivity index (χ0n) is 18.1. The number of rotatable bonds is 10. The molecule has 2 aromatic rings. The number of carbonyl (C=O) groups is 2. The minimum atomic E-state index is -0.412. The number of nitrogens with one attached hydrogen (secondary N) is 2. The molecule has 0 spiro atoms. The zero-order valence-corrected chi connectivity index (χ0v) is 18.1. The highest BCUT2D eigenvalue weighted by molar-refractivity contribution is 5.97. The van der Waals surface area contributed by atoms with E-state index in [0.29, 0.717) is 37.4 Å². The Hall–Kier alpha value is -2.93. The van der Waals surface area contributed by atoms with Gasteiger partial charge in [0.25, 0.3) is 11.8 Å². The molecule has 0 aliphatic heterocycles. The van der Waals surface area contributed by atoms with Crippen LogP contribution in [0.15, 0.2) is 42.5 Å². The predicted molar refractivity (Wildman–Crippen MR) is 115 cm³/mol. The number of hydrogen-bond acceptors (Lipinski definition) is 3. The molecule has 2 amide bonds. The van der Waals surface area contributed by atoms with Gasteiger partial charge >= 0.3 is 0 Å². The van der Waals surface area contributed by atoms with Gasteiger partial charge in [-0.1, -0.05) is 6.07 Å². The van der Waals surface area contributed by atoms with Crippen LogP contribution in [0.5, 0.6) is 5.75 Å². The molecule has 0 saturated heterocycles. The average molecular weight is 417 g/mol. The van der Waals surface area contributed by atoms with E-state index in [-0.39, 0.29) is 24.1 Å². The Balaban J connectivity index is 2.00. The molecule has 0 aromatic heterocycles. The van der Waals surface area contributed by atoms with Crippen molar-refractivity contribution in [3.63, 3.8) is 0 Å². The molecule has 0 fully saturated rings. The molecule has 2 rings (SSSR count). The average Bonchev–Trinajstić information content (AvgIpc) is 2.74. The molecule has 0 heterocycles. The summed E-state index contributed by atoms with van der Waals surface area (Å²) in [5.41, 5.74) is 1.93. The van der Waals surface area contributed by atoms with E-state index < -0.39 is 5.82 Å². The van der Waals surface area contributed by atoms with Crippen molar-refractivity contribution in [1.29, 1.82) is 0 Å². The zero-order chi connectivity index (χ0) is 22.1. The summed E-state index contributed by atoms with van der Waals surface area (Å²) < 4.78 is 18.9. The fraction of sp³-hybridized carbons (Fsp3) is 0.391. The van der Waals surface area contributed by atoms with Crippen LogP contribution < -0.4 is 15.0 Å². The van der Waals surface area contributed by atoms with Crippen LogP contribution in [0.3, 0.4) is 0 Å². The Kier molecular flexibility index (Phi) is 8.80. The number of nitrogens with zero attached hydrogens (tertiary/aromatic N) is 1. The lowest BCUT2D eigenvalue weighted by Crippen LogP contribution is -3.11. The third-order valence-corrected chi connectivity index (χ3v) is 5.02. The quantitative estimate of drug-likeness (QED) is 0.625. The van der Waals surface area contributed by atoms with Crippen molar-refractivity contribution in [3.8, 4) is 5.75 Å². The Morgan fingerprint density at radius 2 is 1.83 bits per heavy atom. The van der Waals surface area contributed by atoms with Gasteiger partial charge in [-0.2, -0.15) is 0 Å². The first-order valence-electron chi connectivity index (χ1n) is 10.3. The van der Waals surface area contributed by atoms with E-state index in [2.05, 4.69) is 5.32 Å². The van der Waals surface area contributed by atoms with Gasteiger partial charge in [0.1, 0.15) is 6.54 Å². The molecule has 30 heavy (non-hydrogen) atoms. The second kappa shape index (κ2) is 11.3. The van der Waals surface area contributed by atoms with Gasteiger partial charge in [-0.25, -0.2) is 4.39 Å². The minimum absolute atomic E-state index is 0.0570. The second-order valence-electron chi connectivity index (χ2n) is 7.03. The summed E-state index contributed by atoms with van der Waals surface area (Å²) >= 11 is 0. The SMILES string of the molecule is CCN(CC)C(=O)c1cccc(NC(=O)C[NH+](CC)Cc2ccc(OC)c(F)c2)c1. The number of anilines is 1. The fourth-order valence-electron chi connectivity index (χ4n) is 3.28. The maximum absolute atomic E-state index is 13.9. The van der Waals surface area contributed by atoms with E-state index in [9.17, 15) is 14.0 Å². The molecule has 0 aliphatic rings. The molecule has 1 atom stereocenters. The summed E-state index contributed by atoms with van der Waals surface area (Å²) in [6.07, 6.45) is 0. The fourth-order valence-corrected chi connectivity index (χ4v) is 3.28.